The van der Waals surface area contributed by atoms with E-state index >= 15 is 0 Å². The summed E-state index contributed by atoms with van der Waals surface area (Å²) < 4.78 is 53.0. The summed E-state index contributed by atoms with van der Waals surface area (Å²) >= 11 is 0. The Kier molecular flexibility index (Phi) is 17.2. The van der Waals surface area contributed by atoms with Crippen LogP contribution in [-0.2, 0) is 52.2 Å². The first-order valence-corrected chi connectivity index (χ1v) is 27.8. The van der Waals surface area contributed by atoms with Crippen molar-refractivity contribution in [3.63, 3.8) is 0 Å². The number of methoxy groups -OCH3 is 1. The van der Waals surface area contributed by atoms with E-state index in [1.807, 2.05) is 6.92 Å². The van der Waals surface area contributed by atoms with Crippen LogP contribution in [-0.4, -0.2) is 235 Å². The average Bonchev–Trinajstić information content (AvgIpc) is 2.21. The molecule has 28 atom stereocenters. The molecule has 78 heavy (non-hydrogen) atoms. The smallest absolute Gasteiger partial charge is 0.315 e. The minimum Gasteiger partial charge on any atom is -0.469 e. The second-order valence-electron chi connectivity index (χ2n) is 25.7. The molecule has 0 amide bonds. The maximum Gasteiger partial charge on any atom is 0.315 e. The van der Waals surface area contributed by atoms with Gasteiger partial charge in [0.25, 0.3) is 0 Å². The van der Waals surface area contributed by atoms with E-state index in [4.69, 9.17) is 42.6 Å². The van der Waals surface area contributed by atoms with Crippen molar-refractivity contribution in [2.45, 2.75) is 229 Å². The number of allylic oxidation sites excluding steroid dienone is 2. The lowest BCUT2D eigenvalue weighted by Gasteiger charge is -2.71. The predicted octanol–water partition coefficient (Wildman–Crippen LogP) is -2.24. The molecule has 5 aliphatic carbocycles. The maximum atomic E-state index is 14.9. The Morgan fingerprint density at radius 3 is 1.76 bits per heavy atom. The quantitative estimate of drug-likeness (QED) is 0.0558. The molecule has 0 aromatic heterocycles. The first-order valence-electron chi connectivity index (χ1n) is 27.8. The number of aliphatic hydroxyl groups excluding tert-OH is 13. The van der Waals surface area contributed by atoms with E-state index in [2.05, 4.69) is 40.7 Å². The molecule has 9 aliphatic rings. The number of hydrogen-bond donors (Lipinski definition) is 13. The molecule has 4 heterocycles. The van der Waals surface area contributed by atoms with E-state index in [-0.39, 0.29) is 41.7 Å². The van der Waals surface area contributed by atoms with Gasteiger partial charge >= 0.3 is 11.9 Å². The van der Waals surface area contributed by atoms with Gasteiger partial charge in [0.15, 0.2) is 18.9 Å². The fourth-order valence-electron chi connectivity index (χ4n) is 16.5. The molecule has 0 unspecified atom stereocenters. The highest BCUT2D eigenvalue weighted by Gasteiger charge is 2.71. The summed E-state index contributed by atoms with van der Waals surface area (Å²) in [4.78, 5) is 28.4. The second-order valence-corrected chi connectivity index (χ2v) is 25.7. The van der Waals surface area contributed by atoms with Crippen molar-refractivity contribution >= 4 is 11.9 Å². The zero-order valence-electron chi connectivity index (χ0n) is 45.6. The fraction of sp³-hybridized carbons (Fsp3) is 0.926. The van der Waals surface area contributed by atoms with Crippen LogP contribution in [0.5, 0.6) is 0 Å². The lowest BCUT2D eigenvalue weighted by atomic mass is 9.33. The number of hydrogen-bond acceptors (Lipinski definition) is 24. The van der Waals surface area contributed by atoms with Gasteiger partial charge in [-0.3, -0.25) is 9.59 Å². The van der Waals surface area contributed by atoms with E-state index in [1.54, 1.807) is 0 Å². The van der Waals surface area contributed by atoms with Crippen LogP contribution >= 0.6 is 0 Å². The lowest BCUT2D eigenvalue weighted by molar-refractivity contribution is -0.387. The molecule has 4 aliphatic heterocycles. The minimum atomic E-state index is -1.92. The van der Waals surface area contributed by atoms with Crippen molar-refractivity contribution in [2.24, 2.45) is 50.2 Å². The second kappa shape index (κ2) is 22.1. The largest absolute Gasteiger partial charge is 0.469 e. The van der Waals surface area contributed by atoms with Gasteiger partial charge < -0.3 is 109 Å². The Labute approximate surface area is 453 Å². The molecule has 24 heteroatoms. The lowest BCUT2D eigenvalue weighted by Crippen LogP contribution is -2.67. The molecular weight excluding hydrogens is 1030 g/mol. The van der Waals surface area contributed by atoms with Crippen molar-refractivity contribution in [2.75, 3.05) is 33.5 Å². The van der Waals surface area contributed by atoms with Crippen molar-refractivity contribution in [1.29, 1.82) is 0 Å². The van der Waals surface area contributed by atoms with Crippen molar-refractivity contribution in [3.05, 3.63) is 11.6 Å². The Morgan fingerprint density at radius 2 is 1.14 bits per heavy atom. The Balaban J connectivity index is 0.933. The molecule has 24 nitrogen and oxygen atoms in total. The highest BCUT2D eigenvalue weighted by molar-refractivity contribution is 5.81. The molecule has 0 bridgehead atoms. The number of carbonyl (C=O) groups excluding carboxylic acids is 2. The van der Waals surface area contributed by atoms with Crippen molar-refractivity contribution in [3.8, 4) is 0 Å². The third-order valence-corrected chi connectivity index (χ3v) is 21.5. The van der Waals surface area contributed by atoms with E-state index in [0.29, 0.717) is 38.5 Å². The van der Waals surface area contributed by atoms with Crippen LogP contribution in [0.15, 0.2) is 11.6 Å². The van der Waals surface area contributed by atoms with Gasteiger partial charge in [0.1, 0.15) is 91.6 Å². The molecule has 0 spiro atoms. The molecule has 0 aromatic rings. The SMILES string of the molecule is COC(=O)[C@@]1(C)CC[C@]2(C(=O)O[C@@H]3O[C@H](CO)[C@@H](O)[C@H](O)[C@H]3O)CC[C@]3(C)C(=CC[C@@H]4[C@@]5(C)CC[C@H](O[C@@H]6OC[C@H](O)[C@H](O[C@@H]7O[C@H](CO)[C@@H](O)[C@H](O)[C@H]7O[C@@H]7O[C@H](CO)[C@@H](O)[C@H](O)[C@H]7O)[C@H]6O)C(C)(C)[C@@H]5CC[C@]43C)[C@@H]2C1. The summed E-state index contributed by atoms with van der Waals surface area (Å²) in [5.74, 6) is -1.25. The van der Waals surface area contributed by atoms with Crippen molar-refractivity contribution < 1.29 is 119 Å². The molecule has 9 rings (SSSR count). The van der Waals surface area contributed by atoms with E-state index in [1.165, 1.54) is 7.11 Å². The van der Waals surface area contributed by atoms with Crippen molar-refractivity contribution in [1.82, 2.24) is 0 Å². The normalized spacial score (nSPS) is 53.1. The zero-order chi connectivity index (χ0) is 57.0. The van der Waals surface area contributed by atoms with Crippen LogP contribution in [0.3, 0.4) is 0 Å². The van der Waals surface area contributed by atoms with E-state index in [9.17, 15) is 76.0 Å². The molecule has 13 N–H and O–H groups in total. The summed E-state index contributed by atoms with van der Waals surface area (Å²) in [5, 5.41) is 138. The maximum absolute atomic E-state index is 14.9. The zero-order valence-corrected chi connectivity index (χ0v) is 45.6. The fourth-order valence-corrected chi connectivity index (χ4v) is 16.5. The van der Waals surface area contributed by atoms with Crippen LogP contribution in [0.2, 0.25) is 0 Å². The van der Waals surface area contributed by atoms with Gasteiger partial charge in [0.05, 0.1) is 50.5 Å². The van der Waals surface area contributed by atoms with Crippen LogP contribution in [0.4, 0.5) is 0 Å². The molecule has 4 saturated heterocycles. The van der Waals surface area contributed by atoms with E-state index in [0.717, 1.165) is 24.8 Å². The number of aliphatic hydroxyl groups is 13. The van der Waals surface area contributed by atoms with Gasteiger partial charge in [-0.2, -0.15) is 0 Å². The van der Waals surface area contributed by atoms with Gasteiger partial charge in [-0.1, -0.05) is 46.3 Å². The van der Waals surface area contributed by atoms with Crippen LogP contribution in [0.1, 0.15) is 106 Å². The molecule has 0 aromatic carbocycles. The number of ether oxygens (including phenoxy) is 9. The van der Waals surface area contributed by atoms with Gasteiger partial charge in [-0.25, -0.2) is 0 Å². The summed E-state index contributed by atoms with van der Waals surface area (Å²) in [5.41, 5.74) is -2.51. The monoisotopic (exact) mass is 1120 g/mol. The third-order valence-electron chi connectivity index (χ3n) is 21.5. The van der Waals surface area contributed by atoms with Crippen LogP contribution in [0, 0.1) is 50.2 Å². The minimum absolute atomic E-state index is 0.0894. The topological polar surface area (TPSA) is 380 Å². The molecule has 4 saturated carbocycles. The molecule has 446 valence electrons. The van der Waals surface area contributed by atoms with Crippen LogP contribution in [0.25, 0.3) is 0 Å². The van der Waals surface area contributed by atoms with Gasteiger partial charge in [-0.05, 0) is 111 Å². The number of fused-ring (bicyclic) bond motifs is 7. The Morgan fingerprint density at radius 1 is 0.577 bits per heavy atom. The highest BCUT2D eigenvalue weighted by atomic mass is 16.8. The van der Waals surface area contributed by atoms with Crippen LogP contribution < -0.4 is 0 Å². The number of rotatable bonds is 12. The first-order chi connectivity index (χ1) is 36.6. The highest BCUT2D eigenvalue weighted by Crippen LogP contribution is 2.76. The van der Waals surface area contributed by atoms with E-state index < -0.39 is 176 Å². The standard InChI is InChI=1S/C54H86O24/c1-49(2)29-10-13-53(6)30(9-8-23-24-18-50(3,47(68)70-7)14-16-54(24,17-15-52(23,53)5)48(69)78-45-39(66)36(63)33(60)27(20-56)73-45)51(29,4)12-11-31(49)75-43-40(67)41(25(58)22-71-43)76-46-42(37(64)34(61)28(21-57)74-46)77-44-38(65)35(62)32(59)26(19-55)72-44/h8,24-46,55-67H,9-22H2,1-7H3/t24-,25-,26+,27+,28+,29-,30+,31-,32+,33+,34+,35-,36-,37-,38+,39+,40+,41-,42+,43-,44-,45-,46-,50-,51-,52+,53+,54-/m0/s1. The summed E-state index contributed by atoms with van der Waals surface area (Å²) in [6, 6.07) is 0. The van der Waals surface area contributed by atoms with Gasteiger partial charge in [-0.15, -0.1) is 0 Å². The third kappa shape index (κ3) is 9.63. The average molecular weight is 1120 g/mol. The number of carbonyl (C=O) groups is 2. The molecule has 0 radical (unpaired) electrons. The molecule has 8 fully saturated rings. The molecular formula is C54H86O24. The summed E-state index contributed by atoms with van der Waals surface area (Å²) in [6.07, 6.45) is -24.2. The predicted molar refractivity (Wildman–Crippen MR) is 263 cm³/mol. The number of esters is 2. The first kappa shape index (κ1) is 60.5. The summed E-state index contributed by atoms with van der Waals surface area (Å²) in [7, 11) is 1.35. The van der Waals surface area contributed by atoms with Gasteiger partial charge in [0.2, 0.25) is 6.29 Å². The Bertz CT molecular complexity index is 2180. The Hall–Kier alpha value is -2.12. The summed E-state index contributed by atoms with van der Waals surface area (Å²) in [6.45, 7) is 10.5. The van der Waals surface area contributed by atoms with Gasteiger partial charge in [0, 0.05) is 0 Å².